The van der Waals surface area contributed by atoms with E-state index in [4.69, 9.17) is 4.74 Å². The standard InChI is InChI=1S/C14H13NO2/c1-9-6-7-13-11(8-9)15-14(16)10-4-2-3-5-12(10)17-13/h2-4,6-8,12H,5H2,1H3,(H,15,16). The Morgan fingerprint density at radius 3 is 3.18 bits per heavy atom. The zero-order valence-electron chi connectivity index (χ0n) is 9.57. The predicted octanol–water partition coefficient (Wildman–Crippen LogP) is 2.58. The molecular weight excluding hydrogens is 214 g/mol. The monoisotopic (exact) mass is 227 g/mol. The number of ether oxygens (including phenoxy) is 1. The molecular formula is C14H13NO2. The molecule has 86 valence electrons. The topological polar surface area (TPSA) is 38.3 Å². The molecule has 0 aromatic heterocycles. The maximum Gasteiger partial charge on any atom is 0.255 e. The van der Waals surface area contributed by atoms with Crippen molar-refractivity contribution in [2.75, 3.05) is 5.32 Å². The Kier molecular flexibility index (Phi) is 2.25. The largest absolute Gasteiger partial charge is 0.483 e. The van der Waals surface area contributed by atoms with E-state index in [1.165, 1.54) is 0 Å². The number of hydrogen-bond donors (Lipinski definition) is 1. The number of rotatable bonds is 0. The Morgan fingerprint density at radius 2 is 2.29 bits per heavy atom. The number of amides is 1. The van der Waals surface area contributed by atoms with E-state index in [0.29, 0.717) is 5.57 Å². The van der Waals surface area contributed by atoms with Crippen molar-refractivity contribution in [1.29, 1.82) is 0 Å². The number of carbonyl (C=O) groups is 1. The quantitative estimate of drug-likeness (QED) is 0.739. The highest BCUT2D eigenvalue weighted by Crippen LogP contribution is 2.33. The van der Waals surface area contributed by atoms with E-state index in [1.54, 1.807) is 0 Å². The van der Waals surface area contributed by atoms with Crippen molar-refractivity contribution in [1.82, 2.24) is 0 Å². The van der Waals surface area contributed by atoms with Crippen LogP contribution < -0.4 is 10.1 Å². The van der Waals surface area contributed by atoms with Gasteiger partial charge >= 0.3 is 0 Å². The Morgan fingerprint density at radius 1 is 1.41 bits per heavy atom. The first kappa shape index (κ1) is 10.1. The number of aryl methyl sites for hydroxylation is 1. The summed E-state index contributed by atoms with van der Waals surface area (Å²) < 4.78 is 5.88. The molecule has 1 N–H and O–H groups in total. The lowest BCUT2D eigenvalue weighted by Crippen LogP contribution is -2.25. The van der Waals surface area contributed by atoms with Crippen LogP contribution in [0.4, 0.5) is 5.69 Å². The fourth-order valence-electron chi connectivity index (χ4n) is 2.13. The summed E-state index contributed by atoms with van der Waals surface area (Å²) >= 11 is 0. The molecule has 0 bridgehead atoms. The van der Waals surface area contributed by atoms with Gasteiger partial charge in [-0.25, -0.2) is 0 Å². The summed E-state index contributed by atoms with van der Waals surface area (Å²) in [5.41, 5.74) is 2.55. The van der Waals surface area contributed by atoms with E-state index in [0.717, 1.165) is 23.4 Å². The van der Waals surface area contributed by atoms with E-state index < -0.39 is 0 Å². The molecule has 17 heavy (non-hydrogen) atoms. The van der Waals surface area contributed by atoms with Gasteiger partial charge in [-0.3, -0.25) is 4.79 Å². The number of fused-ring (bicyclic) bond motifs is 2. The molecule has 1 atom stereocenters. The molecule has 0 saturated carbocycles. The van der Waals surface area contributed by atoms with E-state index in [2.05, 4.69) is 5.32 Å². The Hall–Kier alpha value is -2.03. The lowest BCUT2D eigenvalue weighted by Gasteiger charge is -2.18. The average Bonchev–Trinajstić information content (AvgIpc) is 2.46. The first-order valence-electron chi connectivity index (χ1n) is 5.69. The minimum atomic E-state index is -0.163. The second-order valence-corrected chi connectivity index (χ2v) is 4.35. The second-order valence-electron chi connectivity index (χ2n) is 4.35. The molecule has 0 saturated heterocycles. The van der Waals surface area contributed by atoms with Gasteiger partial charge in [-0.1, -0.05) is 24.3 Å². The Balaban J connectivity index is 2.06. The lowest BCUT2D eigenvalue weighted by atomic mass is 10.0. The number of nitrogens with one attached hydrogen (secondary N) is 1. The van der Waals surface area contributed by atoms with Gasteiger partial charge in [0.2, 0.25) is 0 Å². The van der Waals surface area contributed by atoms with Crippen LogP contribution in [-0.2, 0) is 4.79 Å². The first-order chi connectivity index (χ1) is 8.24. The number of anilines is 1. The summed E-state index contributed by atoms with van der Waals surface area (Å²) in [6, 6.07) is 5.82. The molecule has 2 aliphatic rings. The summed E-state index contributed by atoms with van der Waals surface area (Å²) in [6.07, 6.45) is 6.31. The van der Waals surface area contributed by atoms with Crippen LogP contribution in [0.3, 0.4) is 0 Å². The Labute approximate surface area is 99.8 Å². The van der Waals surface area contributed by atoms with Crippen molar-refractivity contribution in [3.63, 3.8) is 0 Å². The molecule has 1 unspecified atom stereocenters. The van der Waals surface area contributed by atoms with Crippen LogP contribution in [-0.4, -0.2) is 12.0 Å². The minimum Gasteiger partial charge on any atom is -0.483 e. The molecule has 0 radical (unpaired) electrons. The Bertz CT molecular complexity index is 543. The van der Waals surface area contributed by atoms with Gasteiger partial charge in [0.1, 0.15) is 11.9 Å². The third-order valence-electron chi connectivity index (χ3n) is 3.02. The van der Waals surface area contributed by atoms with Crippen molar-refractivity contribution in [2.45, 2.75) is 19.4 Å². The van der Waals surface area contributed by atoms with Gasteiger partial charge in [-0.15, -0.1) is 0 Å². The van der Waals surface area contributed by atoms with Crippen LogP contribution in [0.5, 0.6) is 5.75 Å². The fourth-order valence-corrected chi connectivity index (χ4v) is 2.13. The summed E-state index contributed by atoms with van der Waals surface area (Å²) in [5.74, 6) is 0.677. The molecule has 1 aliphatic carbocycles. The van der Waals surface area contributed by atoms with Gasteiger partial charge in [0.15, 0.2) is 0 Å². The van der Waals surface area contributed by atoms with E-state index in [1.807, 2.05) is 43.4 Å². The van der Waals surface area contributed by atoms with Crippen molar-refractivity contribution < 1.29 is 9.53 Å². The first-order valence-corrected chi connectivity index (χ1v) is 5.69. The molecule has 0 fully saturated rings. The van der Waals surface area contributed by atoms with Crippen LogP contribution in [0.25, 0.3) is 0 Å². The van der Waals surface area contributed by atoms with Gasteiger partial charge in [-0.2, -0.15) is 0 Å². The van der Waals surface area contributed by atoms with Crippen LogP contribution in [0.2, 0.25) is 0 Å². The highest BCUT2D eigenvalue weighted by molar-refractivity contribution is 6.06. The van der Waals surface area contributed by atoms with Crippen LogP contribution >= 0.6 is 0 Å². The summed E-state index contributed by atoms with van der Waals surface area (Å²) in [7, 11) is 0. The van der Waals surface area contributed by atoms with Crippen LogP contribution in [0.15, 0.2) is 42.0 Å². The predicted molar refractivity (Wildman–Crippen MR) is 66.1 cm³/mol. The molecule has 3 rings (SSSR count). The van der Waals surface area contributed by atoms with Crippen LogP contribution in [0.1, 0.15) is 12.0 Å². The van der Waals surface area contributed by atoms with Gasteiger partial charge in [0, 0.05) is 6.42 Å². The number of benzene rings is 1. The van der Waals surface area contributed by atoms with Crippen molar-refractivity contribution in [3.05, 3.63) is 47.6 Å². The van der Waals surface area contributed by atoms with Gasteiger partial charge < -0.3 is 10.1 Å². The van der Waals surface area contributed by atoms with Gasteiger partial charge in [-0.05, 0) is 24.6 Å². The fraction of sp³-hybridized carbons (Fsp3) is 0.214. The third kappa shape index (κ3) is 1.73. The number of carbonyl (C=O) groups excluding carboxylic acids is 1. The SMILES string of the molecule is Cc1ccc2c(c1)NC(=O)C1=CC=CCC1O2. The van der Waals surface area contributed by atoms with E-state index in [9.17, 15) is 4.79 Å². The van der Waals surface area contributed by atoms with Gasteiger partial charge in [0.05, 0.1) is 11.3 Å². The molecule has 3 heteroatoms. The average molecular weight is 227 g/mol. The summed E-state index contributed by atoms with van der Waals surface area (Å²) in [6.45, 7) is 1.99. The molecule has 0 spiro atoms. The molecule has 1 heterocycles. The van der Waals surface area contributed by atoms with Crippen molar-refractivity contribution >= 4 is 11.6 Å². The third-order valence-corrected chi connectivity index (χ3v) is 3.02. The number of allylic oxidation sites excluding steroid dienone is 2. The van der Waals surface area contributed by atoms with Gasteiger partial charge in [0.25, 0.3) is 5.91 Å². The maximum atomic E-state index is 12.0. The smallest absolute Gasteiger partial charge is 0.255 e. The maximum absolute atomic E-state index is 12.0. The summed E-state index contributed by atoms with van der Waals surface area (Å²) in [5, 5.41) is 2.90. The van der Waals surface area contributed by atoms with E-state index in [-0.39, 0.29) is 12.0 Å². The number of hydrogen-bond acceptors (Lipinski definition) is 2. The highest BCUT2D eigenvalue weighted by atomic mass is 16.5. The summed E-state index contributed by atoms with van der Waals surface area (Å²) in [4.78, 5) is 12.0. The van der Waals surface area contributed by atoms with E-state index >= 15 is 0 Å². The second kappa shape index (κ2) is 3.77. The normalized spacial score (nSPS) is 21.6. The lowest BCUT2D eigenvalue weighted by molar-refractivity contribution is -0.113. The van der Waals surface area contributed by atoms with Crippen LogP contribution in [0, 0.1) is 6.92 Å². The minimum absolute atomic E-state index is 0.0660. The van der Waals surface area contributed by atoms with Crippen molar-refractivity contribution in [2.24, 2.45) is 0 Å². The molecule has 1 aromatic rings. The molecule has 3 nitrogen and oxygen atoms in total. The van der Waals surface area contributed by atoms with Crippen molar-refractivity contribution in [3.8, 4) is 5.75 Å². The molecule has 1 aromatic carbocycles. The molecule has 1 amide bonds. The zero-order chi connectivity index (χ0) is 11.8. The molecule has 1 aliphatic heterocycles. The highest BCUT2D eigenvalue weighted by Gasteiger charge is 2.28. The zero-order valence-corrected chi connectivity index (χ0v) is 9.57.